The molecule has 14 heteroatoms. The van der Waals surface area contributed by atoms with E-state index in [1.54, 1.807) is 40.2 Å². The number of aliphatic hydroxyl groups excluding tert-OH is 2. The lowest BCUT2D eigenvalue weighted by Crippen LogP contribution is -2.58. The number of esters is 1. The van der Waals surface area contributed by atoms with Crippen LogP contribution in [-0.4, -0.2) is 139 Å². The molecule has 5 fully saturated rings. The van der Waals surface area contributed by atoms with Crippen molar-refractivity contribution in [3.8, 4) is 0 Å². The van der Waals surface area contributed by atoms with E-state index in [1.807, 2.05) is 19.1 Å². The summed E-state index contributed by atoms with van der Waals surface area (Å²) in [4.78, 5) is 14.4. The Hall–Kier alpha value is -2.05. The van der Waals surface area contributed by atoms with E-state index in [2.05, 4.69) is 40.7 Å². The van der Waals surface area contributed by atoms with Gasteiger partial charge in [0, 0.05) is 52.2 Å². The van der Waals surface area contributed by atoms with E-state index in [0.29, 0.717) is 61.5 Å². The molecule has 3 N–H and O–H groups in total. The van der Waals surface area contributed by atoms with Crippen molar-refractivity contribution in [2.75, 3.05) is 20.8 Å². The minimum absolute atomic E-state index is 0.00708. The fraction of sp³-hybridized carbons (Fsp3) is 0.812. The Kier molecular flexibility index (Phi) is 15.3. The van der Waals surface area contributed by atoms with Crippen LogP contribution < -0.4 is 0 Å². The highest BCUT2D eigenvalue weighted by Gasteiger charge is 2.60. The quantitative estimate of drug-likeness (QED) is 0.204. The third-order valence-corrected chi connectivity index (χ3v) is 14.9. The molecule has 1 aliphatic carbocycles. The summed E-state index contributed by atoms with van der Waals surface area (Å²) in [5.74, 6) is -2.10. The van der Waals surface area contributed by atoms with Crippen LogP contribution in [0.2, 0.25) is 0 Å². The lowest BCUT2D eigenvalue weighted by atomic mass is 9.71. The SMILES string of the molecule is CC[C@@H](C)[C@H]1O[C@@]2(CC[C@H]1C)C[C@@H]1C[C@H](C/C=C(/C)[C@H](O[C@@H]3C[C@H](OC)[C@H](O[C@@H]4C[C@H](OC)[C@H](O)[C@@H](C)O4)[C@@H](C)O3)[C@H](C)/C=C/C=C3/CO[C@H]4[C@H](O)C(C)=C[C@H](C(=O)O1)[C@]34O)O2. The van der Waals surface area contributed by atoms with E-state index in [0.717, 1.165) is 18.4 Å². The van der Waals surface area contributed by atoms with Crippen LogP contribution in [0.1, 0.15) is 107 Å². The molecular formula is C48H74O14. The van der Waals surface area contributed by atoms with Crippen molar-refractivity contribution >= 4 is 5.97 Å². The summed E-state index contributed by atoms with van der Waals surface area (Å²) in [5, 5.41) is 34.2. The molecule has 20 atom stereocenters. The van der Waals surface area contributed by atoms with E-state index in [1.165, 1.54) is 0 Å². The van der Waals surface area contributed by atoms with Gasteiger partial charge in [-0.2, -0.15) is 0 Å². The van der Waals surface area contributed by atoms with Gasteiger partial charge in [-0.25, -0.2) is 0 Å². The highest BCUT2D eigenvalue weighted by molar-refractivity contribution is 5.78. The van der Waals surface area contributed by atoms with Crippen molar-refractivity contribution in [3.05, 3.63) is 47.1 Å². The van der Waals surface area contributed by atoms with Crippen LogP contribution in [0.3, 0.4) is 0 Å². The van der Waals surface area contributed by atoms with Crippen molar-refractivity contribution in [1.29, 1.82) is 0 Å². The molecule has 0 aromatic carbocycles. The third-order valence-electron chi connectivity index (χ3n) is 14.9. The molecule has 62 heavy (non-hydrogen) atoms. The predicted octanol–water partition coefficient (Wildman–Crippen LogP) is 5.60. The molecule has 7 rings (SSSR count). The van der Waals surface area contributed by atoms with Crippen LogP contribution in [0.25, 0.3) is 0 Å². The molecule has 2 bridgehead atoms. The number of rotatable bonds is 8. The molecular weight excluding hydrogens is 801 g/mol. The summed E-state index contributed by atoms with van der Waals surface area (Å²) in [6.07, 6.45) is 6.53. The van der Waals surface area contributed by atoms with Gasteiger partial charge in [-0.15, -0.1) is 0 Å². The predicted molar refractivity (Wildman–Crippen MR) is 227 cm³/mol. The first-order chi connectivity index (χ1) is 29.5. The van der Waals surface area contributed by atoms with Crippen molar-refractivity contribution in [2.45, 2.75) is 204 Å². The summed E-state index contributed by atoms with van der Waals surface area (Å²) in [6.45, 7) is 16.3. The average molecular weight is 875 g/mol. The lowest BCUT2D eigenvalue weighted by molar-refractivity contribution is -0.340. The normalized spacial score (nSPS) is 49.4. The zero-order chi connectivity index (χ0) is 44.7. The maximum absolute atomic E-state index is 14.4. The van der Waals surface area contributed by atoms with Gasteiger partial charge in [-0.3, -0.25) is 4.79 Å². The zero-order valence-corrected chi connectivity index (χ0v) is 38.5. The third kappa shape index (κ3) is 9.73. The Balaban J connectivity index is 1.18. The summed E-state index contributed by atoms with van der Waals surface area (Å²) in [7, 11) is 3.23. The topological polar surface area (TPSA) is 170 Å². The number of allylic oxidation sites excluding steroid dienone is 2. The molecule has 350 valence electrons. The molecule has 0 amide bonds. The van der Waals surface area contributed by atoms with E-state index in [9.17, 15) is 20.1 Å². The first kappa shape index (κ1) is 47.9. The second kappa shape index (κ2) is 19.8. The maximum atomic E-state index is 14.4. The molecule has 5 saturated heterocycles. The number of methoxy groups -OCH3 is 2. The van der Waals surface area contributed by atoms with E-state index in [-0.39, 0.29) is 30.8 Å². The second-order valence-corrected chi connectivity index (χ2v) is 19.4. The molecule has 6 aliphatic heterocycles. The van der Waals surface area contributed by atoms with Crippen molar-refractivity contribution in [1.82, 2.24) is 0 Å². The van der Waals surface area contributed by atoms with Gasteiger partial charge in [-0.05, 0) is 69.1 Å². The van der Waals surface area contributed by atoms with E-state index < -0.39 is 90.8 Å². The molecule has 0 radical (unpaired) electrons. The fourth-order valence-electron chi connectivity index (χ4n) is 11.0. The van der Waals surface area contributed by atoms with E-state index in [4.69, 9.17) is 47.4 Å². The van der Waals surface area contributed by atoms with E-state index >= 15 is 0 Å². The van der Waals surface area contributed by atoms with Crippen LogP contribution in [0.5, 0.6) is 0 Å². The number of carbonyl (C=O) groups is 1. The standard InChI is InChI=1S/C48H74O14/c1-11-25(2)43-28(5)17-18-47(62-43)23-34-20-33(61-47)16-15-27(4)42(26(3)13-12-14-32-24-55-45-40(49)29(6)19-35(46(51)58-34)48(32,45)52)59-39-22-37(54-10)44(31(8)57-39)60-38-21-36(53-9)41(50)30(7)56-38/h12-15,19,25-26,28,30-31,33-45,49-50,52H,11,16-18,20-24H2,1-10H3/b13-12+,27-15-,32-14-/t25-,26-,28-,30-,31-,33+,34+,35-,36+,37+,38-,39-,40-,41-,42-,43-,44-,45+,47+,48-/m1/s1. The fourth-order valence-corrected chi connectivity index (χ4v) is 11.0. The van der Waals surface area contributed by atoms with Gasteiger partial charge in [0.15, 0.2) is 18.4 Å². The number of hydrogen-bond donors (Lipinski definition) is 3. The summed E-state index contributed by atoms with van der Waals surface area (Å²) < 4.78 is 63.9. The highest BCUT2D eigenvalue weighted by atomic mass is 16.7. The van der Waals surface area contributed by atoms with Crippen molar-refractivity contribution in [3.63, 3.8) is 0 Å². The number of aliphatic hydroxyl groups is 3. The smallest absolute Gasteiger partial charge is 0.316 e. The average Bonchev–Trinajstić information content (AvgIpc) is 3.58. The minimum Gasteiger partial charge on any atom is -0.462 e. The first-order valence-electron chi connectivity index (χ1n) is 23.2. The second-order valence-electron chi connectivity index (χ2n) is 19.4. The number of ether oxygens (including phenoxy) is 10. The Morgan fingerprint density at radius 1 is 0.919 bits per heavy atom. The molecule has 14 nitrogen and oxygen atoms in total. The molecule has 6 heterocycles. The number of carbonyl (C=O) groups excluding carboxylic acids is 1. The molecule has 7 aliphatic rings. The molecule has 0 aromatic rings. The Morgan fingerprint density at radius 3 is 2.35 bits per heavy atom. The van der Waals surface area contributed by atoms with Crippen LogP contribution in [0, 0.1) is 23.7 Å². The van der Waals surface area contributed by atoms with Gasteiger partial charge in [0.2, 0.25) is 0 Å². The largest absolute Gasteiger partial charge is 0.462 e. The lowest BCUT2D eigenvalue weighted by Gasteiger charge is -2.51. The van der Waals surface area contributed by atoms with Gasteiger partial charge in [0.25, 0.3) is 0 Å². The number of hydrogen-bond acceptors (Lipinski definition) is 14. The van der Waals surface area contributed by atoms with Gasteiger partial charge in [0.1, 0.15) is 42.0 Å². The molecule has 0 aromatic heterocycles. The first-order valence-corrected chi connectivity index (χ1v) is 23.2. The Bertz CT molecular complexity index is 1680. The molecule has 1 spiro atoms. The number of fused-ring (bicyclic) bond motifs is 2. The monoisotopic (exact) mass is 875 g/mol. The maximum Gasteiger partial charge on any atom is 0.316 e. The summed E-state index contributed by atoms with van der Waals surface area (Å²) in [6, 6.07) is 0. The van der Waals surface area contributed by atoms with Gasteiger partial charge < -0.3 is 62.7 Å². The van der Waals surface area contributed by atoms with Gasteiger partial charge in [0.05, 0.1) is 49.3 Å². The molecule has 0 unspecified atom stereocenters. The molecule has 0 saturated carbocycles. The van der Waals surface area contributed by atoms with Crippen molar-refractivity contribution in [2.24, 2.45) is 23.7 Å². The van der Waals surface area contributed by atoms with Crippen molar-refractivity contribution < 1.29 is 67.5 Å². The van der Waals surface area contributed by atoms with Crippen LogP contribution >= 0.6 is 0 Å². The van der Waals surface area contributed by atoms with Crippen LogP contribution in [-0.2, 0) is 52.2 Å². The summed E-state index contributed by atoms with van der Waals surface area (Å²) >= 11 is 0. The minimum atomic E-state index is -1.82. The Labute approximate surface area is 368 Å². The van der Waals surface area contributed by atoms with Crippen LogP contribution in [0.4, 0.5) is 0 Å². The Morgan fingerprint density at radius 2 is 1.63 bits per heavy atom. The van der Waals surface area contributed by atoms with Gasteiger partial charge >= 0.3 is 5.97 Å². The van der Waals surface area contributed by atoms with Crippen LogP contribution in [0.15, 0.2) is 47.1 Å². The van der Waals surface area contributed by atoms with Gasteiger partial charge in [-0.1, -0.05) is 64.5 Å². The zero-order valence-electron chi connectivity index (χ0n) is 38.5. The summed E-state index contributed by atoms with van der Waals surface area (Å²) in [5.41, 5.74) is 0.188. The highest BCUT2D eigenvalue weighted by Crippen LogP contribution is 2.48.